The van der Waals surface area contributed by atoms with Crippen molar-refractivity contribution in [1.29, 1.82) is 0 Å². The van der Waals surface area contributed by atoms with Gasteiger partial charge in [-0.1, -0.05) is 0 Å². The van der Waals surface area contributed by atoms with Crippen molar-refractivity contribution in [2.45, 2.75) is 12.3 Å². The Morgan fingerprint density at radius 3 is 2.94 bits per heavy atom. The van der Waals surface area contributed by atoms with E-state index in [1.165, 1.54) is 12.3 Å². The third-order valence-corrected chi connectivity index (χ3v) is 2.79. The average Bonchev–Trinajstić information content (AvgIpc) is 2.38. The Balaban J connectivity index is 2.27. The first-order valence-electron chi connectivity index (χ1n) is 5.61. The monoisotopic (exact) mass is 261 g/mol. The highest BCUT2D eigenvalue weighted by Crippen LogP contribution is 2.35. The normalized spacial score (nSPS) is 21.1. The fourth-order valence-electron chi connectivity index (χ4n) is 1.92. The van der Waals surface area contributed by atoms with E-state index in [4.69, 9.17) is 10.5 Å². The highest BCUT2D eigenvalue weighted by molar-refractivity contribution is 5.48. The number of morpholine rings is 1. The molecule has 0 aromatic carbocycles. The summed E-state index contributed by atoms with van der Waals surface area (Å²) in [6, 6.07) is 2.32. The maximum Gasteiger partial charge on any atom is 0.419 e. The number of nitrogens with two attached hydrogens (primary N) is 1. The van der Waals surface area contributed by atoms with Crippen molar-refractivity contribution in [1.82, 2.24) is 4.98 Å². The first-order valence-corrected chi connectivity index (χ1v) is 5.61. The molecule has 18 heavy (non-hydrogen) atoms. The van der Waals surface area contributed by atoms with Crippen molar-refractivity contribution >= 4 is 5.82 Å². The van der Waals surface area contributed by atoms with E-state index in [-0.39, 0.29) is 18.5 Å². The third kappa shape index (κ3) is 2.73. The molecule has 1 aliphatic heterocycles. The Morgan fingerprint density at radius 2 is 2.28 bits per heavy atom. The van der Waals surface area contributed by atoms with Gasteiger partial charge in [0.2, 0.25) is 0 Å². The van der Waals surface area contributed by atoms with E-state index in [1.54, 1.807) is 4.90 Å². The van der Waals surface area contributed by atoms with Crippen LogP contribution in [0.5, 0.6) is 0 Å². The molecule has 0 aliphatic carbocycles. The number of rotatable bonds is 2. The lowest BCUT2D eigenvalue weighted by molar-refractivity contribution is -0.137. The number of anilines is 1. The van der Waals surface area contributed by atoms with Gasteiger partial charge in [0.15, 0.2) is 0 Å². The SMILES string of the molecule is NCC1CN(c2ncccc2C(F)(F)F)CCO1. The van der Waals surface area contributed by atoms with Crippen LogP contribution in [-0.2, 0) is 10.9 Å². The molecule has 7 heteroatoms. The molecule has 1 aromatic heterocycles. The summed E-state index contributed by atoms with van der Waals surface area (Å²) < 4.78 is 43.9. The standard InChI is InChI=1S/C11H14F3N3O/c12-11(13,14)9-2-1-3-16-10(9)17-4-5-18-8(6-15)7-17/h1-3,8H,4-7,15H2. The summed E-state index contributed by atoms with van der Waals surface area (Å²) >= 11 is 0. The van der Waals surface area contributed by atoms with Crippen molar-refractivity contribution in [3.05, 3.63) is 23.9 Å². The summed E-state index contributed by atoms with van der Waals surface area (Å²) in [5.41, 5.74) is 4.75. The van der Waals surface area contributed by atoms with Gasteiger partial charge in [0.1, 0.15) is 5.82 Å². The highest BCUT2D eigenvalue weighted by Gasteiger charge is 2.36. The molecule has 1 aromatic rings. The van der Waals surface area contributed by atoms with Crippen LogP contribution in [0.4, 0.5) is 19.0 Å². The predicted octanol–water partition coefficient (Wildman–Crippen LogP) is 1.26. The van der Waals surface area contributed by atoms with Crippen molar-refractivity contribution in [3.8, 4) is 0 Å². The number of nitrogens with zero attached hydrogens (tertiary/aromatic N) is 2. The van der Waals surface area contributed by atoms with Gasteiger partial charge in [-0.2, -0.15) is 13.2 Å². The van der Waals surface area contributed by atoms with Crippen molar-refractivity contribution < 1.29 is 17.9 Å². The Bertz CT molecular complexity index is 411. The van der Waals surface area contributed by atoms with Crippen LogP contribution in [0.15, 0.2) is 18.3 Å². The summed E-state index contributed by atoms with van der Waals surface area (Å²) in [4.78, 5) is 5.42. The summed E-state index contributed by atoms with van der Waals surface area (Å²) in [7, 11) is 0. The molecular weight excluding hydrogens is 247 g/mol. The van der Waals surface area contributed by atoms with Gasteiger partial charge in [-0.15, -0.1) is 0 Å². The number of halogens is 3. The first-order chi connectivity index (χ1) is 8.52. The quantitative estimate of drug-likeness (QED) is 0.871. The molecule has 0 spiro atoms. The molecule has 1 unspecified atom stereocenters. The molecule has 2 N–H and O–H groups in total. The highest BCUT2D eigenvalue weighted by atomic mass is 19.4. The molecule has 4 nitrogen and oxygen atoms in total. The Labute approximate surface area is 103 Å². The number of ether oxygens (including phenoxy) is 1. The molecule has 0 saturated carbocycles. The topological polar surface area (TPSA) is 51.4 Å². The molecule has 2 heterocycles. The third-order valence-electron chi connectivity index (χ3n) is 2.79. The lowest BCUT2D eigenvalue weighted by Crippen LogP contribution is -2.46. The van der Waals surface area contributed by atoms with E-state index in [0.717, 1.165) is 6.07 Å². The maximum absolute atomic E-state index is 12.9. The van der Waals surface area contributed by atoms with E-state index in [1.807, 2.05) is 0 Å². The second kappa shape index (κ2) is 5.11. The molecule has 0 bridgehead atoms. The van der Waals surface area contributed by atoms with Crippen LogP contribution in [0, 0.1) is 0 Å². The second-order valence-electron chi connectivity index (χ2n) is 4.05. The van der Waals surface area contributed by atoms with E-state index in [0.29, 0.717) is 19.7 Å². The fraction of sp³-hybridized carbons (Fsp3) is 0.545. The Hall–Kier alpha value is -1.34. The van der Waals surface area contributed by atoms with Crippen LogP contribution in [-0.4, -0.2) is 37.3 Å². The molecule has 1 fully saturated rings. The lowest BCUT2D eigenvalue weighted by atomic mass is 10.2. The van der Waals surface area contributed by atoms with Gasteiger partial charge in [-0.25, -0.2) is 4.98 Å². The van der Waals surface area contributed by atoms with E-state index >= 15 is 0 Å². The van der Waals surface area contributed by atoms with Crippen molar-refractivity contribution in [2.75, 3.05) is 31.1 Å². The van der Waals surface area contributed by atoms with Crippen LogP contribution < -0.4 is 10.6 Å². The van der Waals surface area contributed by atoms with Gasteiger partial charge >= 0.3 is 6.18 Å². The zero-order chi connectivity index (χ0) is 13.2. The molecule has 100 valence electrons. The minimum Gasteiger partial charge on any atom is -0.373 e. The Morgan fingerprint density at radius 1 is 1.50 bits per heavy atom. The number of hydrogen-bond donors (Lipinski definition) is 1. The van der Waals surface area contributed by atoms with Gasteiger partial charge in [0, 0.05) is 25.8 Å². The molecule has 1 saturated heterocycles. The van der Waals surface area contributed by atoms with E-state index in [2.05, 4.69) is 4.98 Å². The molecular formula is C11H14F3N3O. The van der Waals surface area contributed by atoms with E-state index in [9.17, 15) is 13.2 Å². The number of pyridine rings is 1. The minimum absolute atomic E-state index is 0.0493. The molecule has 0 radical (unpaired) electrons. The van der Waals surface area contributed by atoms with Crippen LogP contribution in [0.25, 0.3) is 0 Å². The maximum atomic E-state index is 12.9. The Kier molecular flexibility index (Phi) is 3.72. The summed E-state index contributed by atoms with van der Waals surface area (Å²) in [6.45, 7) is 1.35. The van der Waals surface area contributed by atoms with Crippen LogP contribution in [0.3, 0.4) is 0 Å². The van der Waals surface area contributed by atoms with Crippen molar-refractivity contribution in [3.63, 3.8) is 0 Å². The lowest BCUT2D eigenvalue weighted by Gasteiger charge is -2.34. The molecule has 1 atom stereocenters. The zero-order valence-electron chi connectivity index (χ0n) is 9.65. The fourth-order valence-corrected chi connectivity index (χ4v) is 1.92. The zero-order valence-corrected chi connectivity index (χ0v) is 9.65. The molecule has 1 aliphatic rings. The minimum atomic E-state index is -4.40. The van der Waals surface area contributed by atoms with Gasteiger partial charge in [-0.05, 0) is 12.1 Å². The molecule has 0 amide bonds. The van der Waals surface area contributed by atoms with Crippen LogP contribution in [0.2, 0.25) is 0 Å². The van der Waals surface area contributed by atoms with Crippen molar-refractivity contribution in [2.24, 2.45) is 5.73 Å². The van der Waals surface area contributed by atoms with Gasteiger partial charge in [0.05, 0.1) is 18.3 Å². The number of hydrogen-bond acceptors (Lipinski definition) is 4. The number of alkyl halides is 3. The molecule has 2 rings (SSSR count). The summed E-state index contributed by atoms with van der Waals surface area (Å²) in [5, 5.41) is 0. The first kappa shape index (κ1) is 13.1. The van der Waals surface area contributed by atoms with Gasteiger partial charge in [0.25, 0.3) is 0 Å². The number of aromatic nitrogens is 1. The predicted molar refractivity (Wildman–Crippen MR) is 60.2 cm³/mol. The summed E-state index contributed by atoms with van der Waals surface area (Å²) in [5.74, 6) is -0.0493. The van der Waals surface area contributed by atoms with Gasteiger partial charge < -0.3 is 15.4 Å². The largest absolute Gasteiger partial charge is 0.419 e. The van der Waals surface area contributed by atoms with Gasteiger partial charge in [-0.3, -0.25) is 0 Å². The van der Waals surface area contributed by atoms with Crippen LogP contribution in [0.1, 0.15) is 5.56 Å². The summed E-state index contributed by atoms with van der Waals surface area (Å²) in [6.07, 6.45) is -3.29. The van der Waals surface area contributed by atoms with Crippen LogP contribution >= 0.6 is 0 Å². The van der Waals surface area contributed by atoms with E-state index < -0.39 is 11.7 Å². The second-order valence-corrected chi connectivity index (χ2v) is 4.05. The average molecular weight is 261 g/mol. The smallest absolute Gasteiger partial charge is 0.373 e.